The number of ether oxygens (including phenoxy) is 1. The van der Waals surface area contributed by atoms with E-state index in [4.69, 9.17) is 4.74 Å². The summed E-state index contributed by atoms with van der Waals surface area (Å²) in [5.74, 6) is 0.622. The van der Waals surface area contributed by atoms with E-state index in [2.05, 4.69) is 10.0 Å². The molecule has 2 N–H and O–H groups in total. The maximum Gasteiger partial charge on any atom is 0.240 e. The largest absolute Gasteiger partial charge is 0.493 e. The average molecular weight is 486 g/mol. The van der Waals surface area contributed by atoms with Crippen molar-refractivity contribution in [2.45, 2.75) is 49.6 Å². The summed E-state index contributed by atoms with van der Waals surface area (Å²) in [5.41, 5.74) is 0.838. The highest BCUT2D eigenvalue weighted by molar-refractivity contribution is 7.89. The summed E-state index contributed by atoms with van der Waals surface area (Å²) >= 11 is 0. The predicted octanol–water partition coefficient (Wildman–Crippen LogP) is 2.45. The lowest BCUT2D eigenvalue weighted by atomic mass is 9.95. The lowest BCUT2D eigenvalue weighted by Crippen LogP contribution is -2.43. The highest BCUT2D eigenvalue weighted by atomic mass is 32.2. The lowest BCUT2D eigenvalue weighted by Gasteiger charge is -2.31. The van der Waals surface area contributed by atoms with Gasteiger partial charge < -0.3 is 15.0 Å². The van der Waals surface area contributed by atoms with E-state index < -0.39 is 10.0 Å². The first-order chi connectivity index (χ1) is 16.4. The summed E-state index contributed by atoms with van der Waals surface area (Å²) in [4.78, 5) is 27.1. The van der Waals surface area contributed by atoms with Crippen molar-refractivity contribution in [2.75, 3.05) is 19.7 Å². The Kier molecular flexibility index (Phi) is 7.84. The van der Waals surface area contributed by atoms with Crippen molar-refractivity contribution >= 4 is 21.8 Å². The molecule has 0 bridgehead atoms. The van der Waals surface area contributed by atoms with Crippen molar-refractivity contribution < 1.29 is 22.7 Å². The fourth-order valence-electron chi connectivity index (χ4n) is 3.93. The number of benzene rings is 2. The van der Waals surface area contributed by atoms with Crippen LogP contribution in [-0.2, 0) is 26.2 Å². The maximum absolute atomic E-state index is 12.6. The summed E-state index contributed by atoms with van der Waals surface area (Å²) in [5, 5.41) is 2.94. The third-order valence-electron chi connectivity index (χ3n) is 6.15. The lowest BCUT2D eigenvalue weighted by molar-refractivity contribution is -0.136. The molecule has 9 heteroatoms. The van der Waals surface area contributed by atoms with Crippen LogP contribution in [0.25, 0.3) is 0 Å². The van der Waals surface area contributed by atoms with Crippen molar-refractivity contribution in [3.8, 4) is 5.75 Å². The summed E-state index contributed by atoms with van der Waals surface area (Å²) < 4.78 is 32.8. The van der Waals surface area contributed by atoms with Crippen molar-refractivity contribution in [1.29, 1.82) is 0 Å². The highest BCUT2D eigenvalue weighted by Gasteiger charge is 2.28. The van der Waals surface area contributed by atoms with Gasteiger partial charge in [-0.15, -0.1) is 0 Å². The summed E-state index contributed by atoms with van der Waals surface area (Å²) in [6.45, 7) is 1.79. The van der Waals surface area contributed by atoms with E-state index in [0.29, 0.717) is 45.5 Å². The van der Waals surface area contributed by atoms with Crippen LogP contribution in [0, 0.1) is 5.92 Å². The molecule has 0 spiro atoms. The first-order valence-corrected chi connectivity index (χ1v) is 13.2. The molecule has 1 saturated heterocycles. The predicted molar refractivity (Wildman–Crippen MR) is 127 cm³/mol. The normalized spacial score (nSPS) is 16.8. The highest BCUT2D eigenvalue weighted by Crippen LogP contribution is 2.22. The summed E-state index contributed by atoms with van der Waals surface area (Å²) in [7, 11) is -3.47. The molecule has 2 amide bonds. The molecule has 2 aromatic rings. The zero-order valence-corrected chi connectivity index (χ0v) is 19.9. The Morgan fingerprint density at radius 3 is 2.26 bits per heavy atom. The minimum absolute atomic E-state index is 0.0355. The number of piperidine rings is 1. The number of likely N-dealkylation sites (tertiary alicyclic amines) is 1. The quantitative estimate of drug-likeness (QED) is 0.538. The van der Waals surface area contributed by atoms with Crippen molar-refractivity contribution in [3.63, 3.8) is 0 Å². The van der Waals surface area contributed by atoms with Gasteiger partial charge in [0, 0.05) is 31.6 Å². The molecule has 0 atom stereocenters. The molecule has 2 aromatic carbocycles. The molecule has 1 aliphatic carbocycles. The Balaban J connectivity index is 1.16. The van der Waals surface area contributed by atoms with Gasteiger partial charge in [0.2, 0.25) is 21.8 Å². The minimum Gasteiger partial charge on any atom is -0.493 e. The smallest absolute Gasteiger partial charge is 0.240 e. The van der Waals surface area contributed by atoms with Gasteiger partial charge in [0.1, 0.15) is 5.75 Å². The molecular weight excluding hydrogens is 454 g/mol. The zero-order chi connectivity index (χ0) is 24.0. The number of para-hydroxylation sites is 1. The van der Waals surface area contributed by atoms with Crippen LogP contribution in [0.5, 0.6) is 5.75 Å². The number of nitrogens with zero attached hydrogens (tertiary/aromatic N) is 1. The molecule has 2 fully saturated rings. The number of amides is 2. The van der Waals surface area contributed by atoms with E-state index in [1.165, 1.54) is 0 Å². The van der Waals surface area contributed by atoms with E-state index in [0.717, 1.165) is 24.2 Å². The van der Waals surface area contributed by atoms with Crippen molar-refractivity contribution in [1.82, 2.24) is 14.9 Å². The Morgan fingerprint density at radius 2 is 1.62 bits per heavy atom. The molecule has 34 heavy (non-hydrogen) atoms. The van der Waals surface area contributed by atoms with E-state index in [1.54, 1.807) is 29.2 Å². The molecular formula is C25H31N3O5S. The van der Waals surface area contributed by atoms with Gasteiger partial charge in [0.25, 0.3) is 0 Å². The SMILES string of the molecule is O=C(NCc1ccc(S(=O)(=O)NC2CC2)cc1)C1CCN(C(=O)CCOc2ccccc2)CC1. The van der Waals surface area contributed by atoms with E-state index in [1.807, 2.05) is 30.3 Å². The van der Waals surface area contributed by atoms with Crippen molar-refractivity contribution in [3.05, 3.63) is 60.2 Å². The van der Waals surface area contributed by atoms with Gasteiger partial charge in [-0.25, -0.2) is 13.1 Å². The Hall–Kier alpha value is -2.91. The van der Waals surface area contributed by atoms with E-state index in [9.17, 15) is 18.0 Å². The number of carbonyl (C=O) groups is 2. The molecule has 0 unspecified atom stereocenters. The Labute approximate surface area is 200 Å². The zero-order valence-electron chi connectivity index (χ0n) is 19.1. The first-order valence-electron chi connectivity index (χ1n) is 11.8. The third-order valence-corrected chi connectivity index (χ3v) is 7.68. The average Bonchev–Trinajstić information content (AvgIpc) is 3.67. The molecule has 1 heterocycles. The molecule has 182 valence electrons. The number of hydrogen-bond acceptors (Lipinski definition) is 5. The van der Waals surface area contributed by atoms with Crippen LogP contribution in [0.1, 0.15) is 37.7 Å². The van der Waals surface area contributed by atoms with E-state index in [-0.39, 0.29) is 28.7 Å². The number of rotatable bonds is 10. The van der Waals surface area contributed by atoms with Crippen LogP contribution in [0.4, 0.5) is 0 Å². The Morgan fingerprint density at radius 1 is 0.941 bits per heavy atom. The van der Waals surface area contributed by atoms with Crippen LogP contribution in [0.3, 0.4) is 0 Å². The summed E-state index contributed by atoms with van der Waals surface area (Å²) in [6.07, 6.45) is 3.34. The standard InChI is InChI=1S/C25H31N3O5S/c29-24(14-17-33-22-4-2-1-3-5-22)28-15-12-20(13-16-28)25(30)26-18-19-6-10-23(11-7-19)34(31,32)27-21-8-9-21/h1-7,10-11,20-21,27H,8-9,12-18H2,(H,26,30). The second-order valence-corrected chi connectivity index (χ2v) is 10.5. The summed E-state index contributed by atoms with van der Waals surface area (Å²) in [6, 6.07) is 16.0. The molecule has 0 radical (unpaired) electrons. The van der Waals surface area contributed by atoms with Gasteiger partial charge in [0.15, 0.2) is 0 Å². The van der Waals surface area contributed by atoms with Crippen LogP contribution < -0.4 is 14.8 Å². The fraction of sp³-hybridized carbons (Fsp3) is 0.440. The second kappa shape index (κ2) is 11.0. The monoisotopic (exact) mass is 485 g/mol. The van der Waals surface area contributed by atoms with Gasteiger partial charge in [-0.1, -0.05) is 30.3 Å². The maximum atomic E-state index is 12.6. The molecule has 1 aliphatic heterocycles. The Bertz CT molecular complexity index is 1080. The first kappa shape index (κ1) is 24.2. The van der Waals surface area contributed by atoms with Crippen LogP contribution in [0.2, 0.25) is 0 Å². The van der Waals surface area contributed by atoms with Crippen LogP contribution in [-0.4, -0.2) is 50.9 Å². The molecule has 1 saturated carbocycles. The van der Waals surface area contributed by atoms with Gasteiger partial charge in [0.05, 0.1) is 17.9 Å². The van der Waals surface area contributed by atoms with E-state index >= 15 is 0 Å². The van der Waals surface area contributed by atoms with Gasteiger partial charge in [-0.2, -0.15) is 0 Å². The number of nitrogens with one attached hydrogen (secondary N) is 2. The topological polar surface area (TPSA) is 105 Å². The minimum atomic E-state index is -3.47. The van der Waals surface area contributed by atoms with Crippen LogP contribution in [0.15, 0.2) is 59.5 Å². The molecule has 2 aliphatic rings. The van der Waals surface area contributed by atoms with Crippen molar-refractivity contribution in [2.24, 2.45) is 5.92 Å². The number of sulfonamides is 1. The number of carbonyl (C=O) groups excluding carboxylic acids is 2. The number of hydrogen-bond donors (Lipinski definition) is 2. The van der Waals surface area contributed by atoms with Gasteiger partial charge in [-0.05, 0) is 55.5 Å². The van der Waals surface area contributed by atoms with Gasteiger partial charge in [-0.3, -0.25) is 9.59 Å². The molecule has 8 nitrogen and oxygen atoms in total. The second-order valence-electron chi connectivity index (χ2n) is 8.82. The van der Waals surface area contributed by atoms with Crippen LogP contribution >= 0.6 is 0 Å². The van der Waals surface area contributed by atoms with Gasteiger partial charge >= 0.3 is 0 Å². The fourth-order valence-corrected chi connectivity index (χ4v) is 5.24. The molecule has 4 rings (SSSR count). The third kappa shape index (κ3) is 6.80. The molecule has 0 aromatic heterocycles.